The number of benzene rings is 1. The predicted octanol–water partition coefficient (Wildman–Crippen LogP) is 3.41. The molecule has 0 aliphatic carbocycles. The fraction of sp³-hybridized carbons (Fsp3) is 0.417. The van der Waals surface area contributed by atoms with Crippen molar-refractivity contribution in [2.24, 2.45) is 0 Å². The van der Waals surface area contributed by atoms with Gasteiger partial charge in [-0.15, -0.1) is 0 Å². The zero-order chi connectivity index (χ0) is 13.0. The van der Waals surface area contributed by atoms with E-state index in [0.717, 1.165) is 12.2 Å². The summed E-state index contributed by atoms with van der Waals surface area (Å²) in [6, 6.07) is 5.26. The second-order valence-electron chi connectivity index (χ2n) is 3.95. The Bertz CT molecular complexity index is 436. The number of hydrogen-bond donors (Lipinski definition) is 2. The van der Waals surface area contributed by atoms with E-state index < -0.39 is 5.97 Å². The molecular weight excluding hydrogens is 334 g/mol. The Morgan fingerprint density at radius 1 is 1.50 bits per heavy atom. The molecule has 0 bridgehead atoms. The van der Waals surface area contributed by atoms with Crippen LogP contribution in [0.4, 0.5) is 5.69 Å². The molecule has 0 saturated carbocycles. The molecule has 0 spiro atoms. The summed E-state index contributed by atoms with van der Waals surface area (Å²) in [4.78, 5) is 10.9. The Morgan fingerprint density at radius 3 is 2.94 bits per heavy atom. The Morgan fingerprint density at radius 2 is 2.33 bits per heavy atom. The van der Waals surface area contributed by atoms with Crippen molar-refractivity contribution in [1.82, 2.24) is 0 Å². The van der Waals surface area contributed by atoms with E-state index in [2.05, 4.69) is 21.2 Å². The summed E-state index contributed by atoms with van der Waals surface area (Å²) in [7, 11) is 0. The van der Waals surface area contributed by atoms with E-state index in [1.165, 1.54) is 17.3 Å². The second kappa shape index (κ2) is 6.73. The van der Waals surface area contributed by atoms with Crippen molar-refractivity contribution in [3.63, 3.8) is 0 Å². The highest BCUT2D eigenvalue weighted by Gasteiger charge is 2.14. The van der Waals surface area contributed by atoms with E-state index in [0.29, 0.717) is 15.3 Å². The molecule has 0 aromatic heterocycles. The largest absolute Gasteiger partial charge is 0.478 e. The number of carboxylic acid groups (broad SMARTS) is 1. The first-order valence-corrected chi connectivity index (χ1v) is 8.62. The van der Waals surface area contributed by atoms with Crippen LogP contribution in [0.2, 0.25) is 0 Å². The van der Waals surface area contributed by atoms with Crippen LogP contribution < -0.4 is 5.32 Å². The number of hydrogen-bond acceptors (Lipinski definition) is 4. The molecule has 1 aromatic rings. The number of carboxylic acids is 1. The summed E-state index contributed by atoms with van der Waals surface area (Å²) in [6.07, 6.45) is 0. The van der Waals surface area contributed by atoms with Crippen LogP contribution >= 0.6 is 39.5 Å². The molecule has 98 valence electrons. The highest BCUT2D eigenvalue weighted by molar-refractivity contribution is 9.10. The fourth-order valence-electron chi connectivity index (χ4n) is 1.68. The first kappa shape index (κ1) is 14.1. The van der Waals surface area contributed by atoms with E-state index >= 15 is 0 Å². The first-order valence-electron chi connectivity index (χ1n) is 5.63. The van der Waals surface area contributed by atoms with Gasteiger partial charge in [-0.3, -0.25) is 0 Å². The van der Waals surface area contributed by atoms with Crippen LogP contribution in [0, 0.1) is 0 Å². The molecule has 18 heavy (non-hydrogen) atoms. The molecule has 1 saturated heterocycles. The van der Waals surface area contributed by atoms with Gasteiger partial charge in [-0.1, -0.05) is 0 Å². The van der Waals surface area contributed by atoms with Crippen molar-refractivity contribution >= 4 is 51.1 Å². The Balaban J connectivity index is 1.93. The summed E-state index contributed by atoms with van der Waals surface area (Å²) in [5.41, 5.74) is 1.26. The number of rotatable bonds is 4. The molecule has 1 aliphatic heterocycles. The second-order valence-corrected chi connectivity index (χ2v) is 7.36. The van der Waals surface area contributed by atoms with Crippen LogP contribution in [0.5, 0.6) is 0 Å². The van der Waals surface area contributed by atoms with Crippen LogP contribution in [0.3, 0.4) is 0 Å². The van der Waals surface area contributed by atoms with Crippen LogP contribution in [0.15, 0.2) is 22.7 Å². The Hall–Kier alpha value is -0.330. The maximum absolute atomic E-state index is 10.9. The van der Waals surface area contributed by atoms with Gasteiger partial charge in [0.25, 0.3) is 0 Å². The summed E-state index contributed by atoms with van der Waals surface area (Å²) in [6.45, 7) is 0.927. The van der Waals surface area contributed by atoms with Gasteiger partial charge in [-0.05, 0) is 34.1 Å². The molecule has 6 heteroatoms. The lowest BCUT2D eigenvalue weighted by molar-refractivity contribution is 0.0696. The minimum atomic E-state index is -0.910. The highest BCUT2D eigenvalue weighted by Crippen LogP contribution is 2.25. The minimum Gasteiger partial charge on any atom is -0.478 e. The number of thioether (sulfide) groups is 2. The van der Waals surface area contributed by atoms with Crippen molar-refractivity contribution in [2.45, 2.75) is 5.25 Å². The maximum atomic E-state index is 10.9. The van der Waals surface area contributed by atoms with Gasteiger partial charge in [0.2, 0.25) is 0 Å². The predicted molar refractivity (Wildman–Crippen MR) is 83.2 cm³/mol. The lowest BCUT2D eigenvalue weighted by atomic mass is 10.2. The minimum absolute atomic E-state index is 0.295. The van der Waals surface area contributed by atoms with Crippen LogP contribution in [-0.4, -0.2) is 40.1 Å². The third-order valence-corrected chi connectivity index (χ3v) is 6.12. The van der Waals surface area contributed by atoms with Crippen molar-refractivity contribution in [3.05, 3.63) is 28.2 Å². The normalized spacial score (nSPS) is 19.5. The van der Waals surface area contributed by atoms with Gasteiger partial charge < -0.3 is 10.4 Å². The Labute approximate surface area is 123 Å². The standard InChI is InChI=1S/C12H14BrNO2S2/c13-11-5-8(1-2-10(11)12(15)16)14-6-9-7-17-3-4-18-9/h1-2,5,9,14H,3-4,6-7H2,(H,15,16). The molecule has 2 rings (SSSR count). The van der Waals surface area contributed by atoms with E-state index in [1.54, 1.807) is 6.07 Å². The summed E-state index contributed by atoms with van der Waals surface area (Å²) in [5, 5.41) is 12.9. The molecule has 1 aliphatic rings. The molecule has 3 nitrogen and oxygen atoms in total. The molecule has 2 N–H and O–H groups in total. The molecule has 1 heterocycles. The quantitative estimate of drug-likeness (QED) is 0.873. The number of anilines is 1. The van der Waals surface area contributed by atoms with Gasteiger partial charge in [0.1, 0.15) is 0 Å². The highest BCUT2D eigenvalue weighted by atomic mass is 79.9. The maximum Gasteiger partial charge on any atom is 0.336 e. The lowest BCUT2D eigenvalue weighted by Crippen LogP contribution is -2.23. The summed E-state index contributed by atoms with van der Waals surface area (Å²) < 4.78 is 0.616. The van der Waals surface area contributed by atoms with Gasteiger partial charge in [-0.2, -0.15) is 23.5 Å². The van der Waals surface area contributed by atoms with Crippen molar-refractivity contribution in [3.8, 4) is 0 Å². The molecule has 1 fully saturated rings. The molecule has 0 amide bonds. The number of nitrogens with one attached hydrogen (secondary N) is 1. The van der Waals surface area contributed by atoms with Crippen molar-refractivity contribution < 1.29 is 9.90 Å². The fourth-order valence-corrected chi connectivity index (χ4v) is 4.84. The molecule has 1 aromatic carbocycles. The van der Waals surface area contributed by atoms with Crippen molar-refractivity contribution in [1.29, 1.82) is 0 Å². The average Bonchev–Trinajstić information content (AvgIpc) is 2.37. The van der Waals surface area contributed by atoms with E-state index in [-0.39, 0.29) is 0 Å². The molecule has 1 atom stereocenters. The van der Waals surface area contributed by atoms with Gasteiger partial charge in [0.05, 0.1) is 5.56 Å². The van der Waals surface area contributed by atoms with Crippen LogP contribution in [0.25, 0.3) is 0 Å². The zero-order valence-electron chi connectivity index (χ0n) is 9.69. The zero-order valence-corrected chi connectivity index (χ0v) is 12.9. The smallest absolute Gasteiger partial charge is 0.336 e. The average molecular weight is 348 g/mol. The first-order chi connectivity index (χ1) is 8.66. The number of halogens is 1. The SMILES string of the molecule is O=C(O)c1ccc(NCC2CSCCS2)cc1Br. The van der Waals surface area contributed by atoms with Crippen LogP contribution in [0.1, 0.15) is 10.4 Å². The third kappa shape index (κ3) is 3.83. The van der Waals surface area contributed by atoms with Gasteiger partial charge in [0.15, 0.2) is 0 Å². The number of carbonyl (C=O) groups is 1. The van der Waals surface area contributed by atoms with Gasteiger partial charge in [0, 0.05) is 39.2 Å². The topological polar surface area (TPSA) is 49.3 Å². The van der Waals surface area contributed by atoms with E-state index in [1.807, 2.05) is 35.7 Å². The van der Waals surface area contributed by atoms with Gasteiger partial charge >= 0.3 is 5.97 Å². The summed E-state index contributed by atoms with van der Waals surface area (Å²) >= 11 is 7.29. The molecular formula is C12H14BrNO2S2. The number of aromatic carboxylic acids is 1. The third-order valence-electron chi connectivity index (χ3n) is 2.62. The van der Waals surface area contributed by atoms with E-state index in [4.69, 9.17) is 5.11 Å². The van der Waals surface area contributed by atoms with Crippen molar-refractivity contribution in [2.75, 3.05) is 29.1 Å². The monoisotopic (exact) mass is 347 g/mol. The van der Waals surface area contributed by atoms with Crippen LogP contribution in [-0.2, 0) is 0 Å². The molecule has 0 radical (unpaired) electrons. The Kier molecular flexibility index (Phi) is 5.26. The molecule has 1 unspecified atom stereocenters. The summed E-state index contributed by atoms with van der Waals surface area (Å²) in [5.74, 6) is 2.75. The van der Waals surface area contributed by atoms with E-state index in [9.17, 15) is 4.79 Å². The van der Waals surface area contributed by atoms with Gasteiger partial charge in [-0.25, -0.2) is 4.79 Å². The lowest BCUT2D eigenvalue weighted by Gasteiger charge is -2.21.